The Morgan fingerprint density at radius 1 is 1.08 bits per heavy atom. The molecular formula is C27H31N7O2S. The van der Waals surface area contributed by atoms with Crippen LogP contribution in [-0.4, -0.2) is 39.7 Å². The molecule has 3 aromatic heterocycles. The van der Waals surface area contributed by atoms with Gasteiger partial charge in [-0.25, -0.2) is 13.1 Å². The molecule has 0 aliphatic heterocycles. The Kier molecular flexibility index (Phi) is 5.95. The molecule has 1 atom stereocenters. The summed E-state index contributed by atoms with van der Waals surface area (Å²) in [6.45, 7) is 6.37. The number of benzene rings is 1. The summed E-state index contributed by atoms with van der Waals surface area (Å²) in [5.41, 5.74) is 4.97. The predicted molar refractivity (Wildman–Crippen MR) is 142 cm³/mol. The first kappa shape index (κ1) is 24.0. The number of sulfonamides is 1. The van der Waals surface area contributed by atoms with Gasteiger partial charge in [0.25, 0.3) is 0 Å². The van der Waals surface area contributed by atoms with Gasteiger partial charge in [0.2, 0.25) is 16.0 Å². The number of aryl methyl sites for hydroxylation is 2. The fourth-order valence-corrected chi connectivity index (χ4v) is 6.62. The van der Waals surface area contributed by atoms with Gasteiger partial charge < -0.3 is 5.32 Å². The summed E-state index contributed by atoms with van der Waals surface area (Å²) in [6.07, 6.45) is 11.0. The van der Waals surface area contributed by atoms with Gasteiger partial charge in [-0.05, 0) is 73.4 Å². The number of nitrogens with one attached hydrogen (secondary N) is 2. The van der Waals surface area contributed by atoms with Crippen LogP contribution in [0.5, 0.6) is 0 Å². The van der Waals surface area contributed by atoms with Gasteiger partial charge >= 0.3 is 0 Å². The van der Waals surface area contributed by atoms with E-state index in [0.29, 0.717) is 23.3 Å². The van der Waals surface area contributed by atoms with Crippen molar-refractivity contribution < 1.29 is 8.42 Å². The van der Waals surface area contributed by atoms with Crippen LogP contribution in [0.25, 0.3) is 10.8 Å². The highest BCUT2D eigenvalue weighted by Gasteiger charge is 2.33. The second kappa shape index (κ2) is 9.18. The number of hydrogen-bond donors (Lipinski definition) is 2. The predicted octanol–water partition coefficient (Wildman–Crippen LogP) is 4.62. The Morgan fingerprint density at radius 3 is 2.68 bits per heavy atom. The zero-order valence-corrected chi connectivity index (χ0v) is 22.1. The van der Waals surface area contributed by atoms with Crippen molar-refractivity contribution in [3.05, 3.63) is 65.5 Å². The molecule has 2 aliphatic rings. The Hall–Kier alpha value is -3.37. The largest absolute Gasteiger partial charge is 0.323 e. The standard InChI is InChI=1S/C27H31N7O2S/c1-16(2)11-31-37(35,36)26-10-21-20(23-14-29-24(9-22(23)26)18-4-5-18)6-7-25(21)34-15-30-33-27(34)32-19-8-17(3)12-28-13-19/h8-10,12-16,18,25,31H,4-7,11H2,1-3H3,(H,32,33)/t25-/m1/s1. The molecule has 192 valence electrons. The minimum Gasteiger partial charge on any atom is -0.323 e. The Morgan fingerprint density at radius 2 is 1.92 bits per heavy atom. The minimum atomic E-state index is -3.72. The second-order valence-electron chi connectivity index (χ2n) is 10.6. The highest BCUT2D eigenvalue weighted by atomic mass is 32.2. The van der Waals surface area contributed by atoms with Crippen molar-refractivity contribution in [2.45, 2.75) is 63.3 Å². The minimum absolute atomic E-state index is 0.100. The van der Waals surface area contributed by atoms with E-state index in [1.165, 1.54) is 0 Å². The average molecular weight is 518 g/mol. The molecule has 0 unspecified atom stereocenters. The third-order valence-electron chi connectivity index (χ3n) is 7.18. The first-order chi connectivity index (χ1) is 17.8. The molecule has 0 amide bonds. The molecule has 2 aliphatic carbocycles. The van der Waals surface area contributed by atoms with E-state index in [0.717, 1.165) is 64.5 Å². The van der Waals surface area contributed by atoms with Gasteiger partial charge in [-0.2, -0.15) is 0 Å². The first-order valence-corrected chi connectivity index (χ1v) is 14.3. The summed E-state index contributed by atoms with van der Waals surface area (Å²) < 4.78 is 32.0. The molecule has 2 N–H and O–H groups in total. The zero-order valence-electron chi connectivity index (χ0n) is 21.3. The first-order valence-electron chi connectivity index (χ1n) is 12.8. The van der Waals surface area contributed by atoms with Gasteiger partial charge in [0, 0.05) is 41.3 Å². The summed E-state index contributed by atoms with van der Waals surface area (Å²) >= 11 is 0. The molecule has 3 heterocycles. The van der Waals surface area contributed by atoms with Crippen LogP contribution in [-0.2, 0) is 16.4 Å². The third-order valence-corrected chi connectivity index (χ3v) is 8.65. The molecule has 10 heteroatoms. The fourth-order valence-electron chi connectivity index (χ4n) is 5.17. The monoisotopic (exact) mass is 517 g/mol. The Labute approximate surface area is 216 Å². The van der Waals surface area contributed by atoms with Crippen LogP contribution in [0.2, 0.25) is 0 Å². The van der Waals surface area contributed by atoms with E-state index in [2.05, 4.69) is 25.2 Å². The average Bonchev–Trinajstić information content (AvgIpc) is 3.48. The summed E-state index contributed by atoms with van der Waals surface area (Å²) in [4.78, 5) is 9.32. The maximum absolute atomic E-state index is 13.6. The molecule has 6 rings (SSSR count). The van der Waals surface area contributed by atoms with Crippen molar-refractivity contribution in [3.8, 4) is 0 Å². The second-order valence-corrected chi connectivity index (χ2v) is 12.3. The number of hydrogen-bond acceptors (Lipinski definition) is 7. The highest BCUT2D eigenvalue weighted by Crippen LogP contribution is 2.44. The smallest absolute Gasteiger partial charge is 0.241 e. The maximum Gasteiger partial charge on any atom is 0.241 e. The quantitative estimate of drug-likeness (QED) is 0.350. The van der Waals surface area contributed by atoms with Crippen molar-refractivity contribution in [2.75, 3.05) is 11.9 Å². The van der Waals surface area contributed by atoms with Gasteiger partial charge in [-0.15, -0.1) is 10.2 Å². The van der Waals surface area contributed by atoms with E-state index >= 15 is 0 Å². The topological polar surface area (TPSA) is 115 Å². The van der Waals surface area contributed by atoms with Crippen molar-refractivity contribution >= 4 is 32.4 Å². The van der Waals surface area contributed by atoms with Gasteiger partial charge in [-0.1, -0.05) is 13.8 Å². The van der Waals surface area contributed by atoms with E-state index in [9.17, 15) is 8.42 Å². The van der Waals surface area contributed by atoms with Gasteiger partial charge in [0.05, 0.1) is 22.8 Å². The molecule has 4 aromatic rings. The van der Waals surface area contributed by atoms with E-state index in [1.54, 1.807) is 18.7 Å². The molecular weight excluding hydrogens is 486 g/mol. The number of aromatic nitrogens is 5. The van der Waals surface area contributed by atoms with Crippen LogP contribution in [0.3, 0.4) is 0 Å². The Bertz CT molecular complexity index is 1590. The lowest BCUT2D eigenvalue weighted by Gasteiger charge is -2.19. The number of rotatable bonds is 8. The lowest BCUT2D eigenvalue weighted by Crippen LogP contribution is -2.28. The molecule has 1 saturated carbocycles. The highest BCUT2D eigenvalue weighted by molar-refractivity contribution is 7.89. The van der Waals surface area contributed by atoms with E-state index in [1.807, 2.05) is 49.7 Å². The molecule has 0 spiro atoms. The molecule has 1 aromatic carbocycles. The molecule has 9 nitrogen and oxygen atoms in total. The van der Waals surface area contributed by atoms with Crippen molar-refractivity contribution in [1.29, 1.82) is 0 Å². The van der Waals surface area contributed by atoms with E-state index in [4.69, 9.17) is 4.98 Å². The SMILES string of the molecule is Cc1cncc(Nc2nncn2[C@@H]2CCc3c2cc(S(=O)(=O)NCC(C)C)c2cc(C4CC4)ncc32)c1. The van der Waals surface area contributed by atoms with Crippen LogP contribution in [0.1, 0.15) is 67.5 Å². The summed E-state index contributed by atoms with van der Waals surface area (Å²) in [5.74, 6) is 1.23. The van der Waals surface area contributed by atoms with E-state index < -0.39 is 10.0 Å². The zero-order chi connectivity index (χ0) is 25.7. The normalized spacial score (nSPS) is 17.5. The van der Waals surface area contributed by atoms with E-state index in [-0.39, 0.29) is 12.0 Å². The van der Waals surface area contributed by atoms with Crippen LogP contribution < -0.4 is 10.0 Å². The summed E-state index contributed by atoms with van der Waals surface area (Å²) in [6, 6.07) is 5.76. The summed E-state index contributed by atoms with van der Waals surface area (Å²) in [5, 5.41) is 13.5. The van der Waals surface area contributed by atoms with Crippen molar-refractivity contribution in [2.24, 2.45) is 5.92 Å². The molecule has 0 radical (unpaired) electrons. The van der Waals surface area contributed by atoms with Crippen LogP contribution in [0, 0.1) is 12.8 Å². The van der Waals surface area contributed by atoms with Crippen LogP contribution >= 0.6 is 0 Å². The fraction of sp³-hybridized carbons (Fsp3) is 0.407. The van der Waals surface area contributed by atoms with Gasteiger partial charge in [0.1, 0.15) is 6.33 Å². The summed E-state index contributed by atoms with van der Waals surface area (Å²) in [7, 11) is -3.72. The number of pyridine rings is 2. The molecule has 1 fully saturated rings. The molecule has 37 heavy (non-hydrogen) atoms. The van der Waals surface area contributed by atoms with Crippen molar-refractivity contribution in [3.63, 3.8) is 0 Å². The lowest BCUT2D eigenvalue weighted by atomic mass is 10.00. The van der Waals surface area contributed by atoms with Gasteiger partial charge in [-0.3, -0.25) is 14.5 Å². The molecule has 0 saturated heterocycles. The number of anilines is 2. The van der Waals surface area contributed by atoms with Crippen molar-refractivity contribution in [1.82, 2.24) is 29.5 Å². The number of nitrogens with zero attached hydrogens (tertiary/aromatic N) is 5. The molecule has 0 bridgehead atoms. The van der Waals surface area contributed by atoms with Gasteiger partial charge in [0.15, 0.2) is 0 Å². The van der Waals surface area contributed by atoms with Crippen LogP contribution in [0.15, 0.2) is 48.0 Å². The Balaban J connectivity index is 1.46. The maximum atomic E-state index is 13.6. The van der Waals surface area contributed by atoms with Crippen LogP contribution in [0.4, 0.5) is 11.6 Å². The number of fused-ring (bicyclic) bond motifs is 3. The lowest BCUT2D eigenvalue weighted by molar-refractivity contribution is 0.560. The third kappa shape index (κ3) is 4.59.